The second-order valence-corrected chi connectivity index (χ2v) is 6.37. The highest BCUT2D eigenvalue weighted by molar-refractivity contribution is 5.78. The van der Waals surface area contributed by atoms with Crippen LogP contribution in [0.5, 0.6) is 0 Å². The van der Waals surface area contributed by atoms with Gasteiger partial charge < -0.3 is 14.5 Å². The molecule has 0 saturated carbocycles. The molecule has 0 unspecified atom stereocenters. The number of amides is 1. The molecule has 3 rings (SSSR count). The van der Waals surface area contributed by atoms with Crippen LogP contribution in [0.25, 0.3) is 0 Å². The summed E-state index contributed by atoms with van der Waals surface area (Å²) in [5.74, 6) is 0.954. The predicted molar refractivity (Wildman–Crippen MR) is 87.3 cm³/mol. The van der Waals surface area contributed by atoms with Crippen LogP contribution in [0.3, 0.4) is 0 Å². The molecule has 1 aromatic rings. The van der Waals surface area contributed by atoms with Crippen molar-refractivity contribution in [2.24, 2.45) is 0 Å². The van der Waals surface area contributed by atoms with E-state index in [9.17, 15) is 4.79 Å². The van der Waals surface area contributed by atoms with Gasteiger partial charge in [-0.1, -0.05) is 0 Å². The molecule has 2 saturated heterocycles. The summed E-state index contributed by atoms with van der Waals surface area (Å²) in [6.07, 6.45) is 3.89. The van der Waals surface area contributed by atoms with Crippen molar-refractivity contribution in [3.05, 3.63) is 18.5 Å². The minimum atomic E-state index is 0.193. The first kappa shape index (κ1) is 16.1. The summed E-state index contributed by atoms with van der Waals surface area (Å²) in [7, 11) is 0. The van der Waals surface area contributed by atoms with Crippen molar-refractivity contribution >= 4 is 11.9 Å². The zero-order valence-electron chi connectivity index (χ0n) is 13.9. The predicted octanol–water partition coefficient (Wildman–Crippen LogP) is 0.234. The van der Waals surface area contributed by atoms with E-state index in [-0.39, 0.29) is 18.1 Å². The van der Waals surface area contributed by atoms with Gasteiger partial charge in [0.1, 0.15) is 0 Å². The number of carbonyl (C=O) groups excluding carboxylic acids is 1. The lowest BCUT2D eigenvalue weighted by Gasteiger charge is -2.38. The second-order valence-electron chi connectivity index (χ2n) is 6.37. The summed E-state index contributed by atoms with van der Waals surface area (Å²) in [6.45, 7) is 9.29. The van der Waals surface area contributed by atoms with Crippen LogP contribution in [0.15, 0.2) is 18.5 Å². The Labute approximate surface area is 137 Å². The fraction of sp³-hybridized carbons (Fsp3) is 0.688. The van der Waals surface area contributed by atoms with Gasteiger partial charge in [-0.2, -0.15) is 0 Å². The van der Waals surface area contributed by atoms with Crippen LogP contribution in [-0.2, 0) is 9.53 Å². The average molecular weight is 319 g/mol. The molecule has 126 valence electrons. The van der Waals surface area contributed by atoms with E-state index in [1.54, 1.807) is 12.4 Å². The van der Waals surface area contributed by atoms with Crippen molar-refractivity contribution in [2.45, 2.75) is 26.1 Å². The van der Waals surface area contributed by atoms with E-state index in [1.165, 1.54) is 0 Å². The van der Waals surface area contributed by atoms with E-state index >= 15 is 0 Å². The Kier molecular flexibility index (Phi) is 5.07. The maximum absolute atomic E-state index is 12.5. The Morgan fingerprint density at radius 3 is 2.35 bits per heavy atom. The van der Waals surface area contributed by atoms with Crippen molar-refractivity contribution < 1.29 is 9.53 Å². The van der Waals surface area contributed by atoms with Gasteiger partial charge in [-0.25, -0.2) is 9.97 Å². The highest BCUT2D eigenvalue weighted by Gasteiger charge is 2.27. The number of rotatable bonds is 3. The van der Waals surface area contributed by atoms with Gasteiger partial charge in [-0.05, 0) is 19.9 Å². The summed E-state index contributed by atoms with van der Waals surface area (Å²) in [4.78, 5) is 27.3. The topological polar surface area (TPSA) is 61.8 Å². The second kappa shape index (κ2) is 7.23. The fourth-order valence-corrected chi connectivity index (χ4v) is 3.32. The number of anilines is 1. The lowest BCUT2D eigenvalue weighted by atomic mass is 10.2. The van der Waals surface area contributed by atoms with E-state index in [4.69, 9.17) is 4.74 Å². The van der Waals surface area contributed by atoms with Crippen molar-refractivity contribution in [3.8, 4) is 0 Å². The Bertz CT molecular complexity index is 508. The number of piperazine rings is 1. The Morgan fingerprint density at radius 2 is 1.74 bits per heavy atom. The maximum Gasteiger partial charge on any atom is 0.236 e. The van der Waals surface area contributed by atoms with E-state index < -0.39 is 0 Å². The van der Waals surface area contributed by atoms with Crippen molar-refractivity contribution in [1.82, 2.24) is 19.8 Å². The molecule has 1 aromatic heterocycles. The normalized spacial score (nSPS) is 26.3. The number of carbonyl (C=O) groups is 1. The van der Waals surface area contributed by atoms with E-state index in [0.29, 0.717) is 6.54 Å². The average Bonchev–Trinajstić information content (AvgIpc) is 2.55. The molecular formula is C16H25N5O2. The van der Waals surface area contributed by atoms with Crippen LogP contribution in [0, 0.1) is 0 Å². The smallest absolute Gasteiger partial charge is 0.236 e. The first-order valence-corrected chi connectivity index (χ1v) is 8.29. The highest BCUT2D eigenvalue weighted by atomic mass is 16.5. The molecule has 3 heterocycles. The monoisotopic (exact) mass is 319 g/mol. The van der Waals surface area contributed by atoms with E-state index in [0.717, 1.165) is 45.2 Å². The molecule has 2 aliphatic heterocycles. The molecule has 2 atom stereocenters. The Morgan fingerprint density at radius 1 is 1.13 bits per heavy atom. The zero-order chi connectivity index (χ0) is 16.2. The molecule has 0 spiro atoms. The molecule has 1 amide bonds. The first-order valence-electron chi connectivity index (χ1n) is 8.29. The van der Waals surface area contributed by atoms with Gasteiger partial charge in [0.25, 0.3) is 0 Å². The standard InChI is InChI=1S/C16H25N5O2/c1-13-10-19(11-14(2)23-13)12-15(22)20-6-8-21(9-7-20)16-17-4-3-5-18-16/h3-5,13-14H,6-12H2,1-2H3/t13-,14+. The number of morpholine rings is 1. The van der Waals surface area contributed by atoms with Gasteiger partial charge in [-0.3, -0.25) is 9.69 Å². The SMILES string of the molecule is C[C@@H]1CN(CC(=O)N2CCN(c3ncccn3)CC2)C[C@H](C)O1. The van der Waals surface area contributed by atoms with Gasteiger partial charge in [0.2, 0.25) is 11.9 Å². The van der Waals surface area contributed by atoms with Gasteiger partial charge in [0.05, 0.1) is 18.8 Å². The van der Waals surface area contributed by atoms with Gasteiger partial charge >= 0.3 is 0 Å². The molecule has 0 aliphatic carbocycles. The quantitative estimate of drug-likeness (QED) is 0.795. The summed E-state index contributed by atoms with van der Waals surface area (Å²) in [5.41, 5.74) is 0. The molecule has 2 aliphatic rings. The number of aromatic nitrogens is 2. The van der Waals surface area contributed by atoms with E-state index in [2.05, 4.69) is 33.6 Å². The van der Waals surface area contributed by atoms with Crippen LogP contribution in [-0.4, -0.2) is 83.7 Å². The Balaban J connectivity index is 1.48. The first-order chi connectivity index (χ1) is 11.1. The summed E-state index contributed by atoms with van der Waals surface area (Å²) in [5, 5.41) is 0. The lowest BCUT2D eigenvalue weighted by Crippen LogP contribution is -2.54. The van der Waals surface area contributed by atoms with Crippen LogP contribution >= 0.6 is 0 Å². The van der Waals surface area contributed by atoms with Crippen molar-refractivity contribution in [1.29, 1.82) is 0 Å². The van der Waals surface area contributed by atoms with Crippen molar-refractivity contribution in [2.75, 3.05) is 50.7 Å². The lowest BCUT2D eigenvalue weighted by molar-refractivity contribution is -0.136. The molecule has 7 nitrogen and oxygen atoms in total. The third kappa shape index (κ3) is 4.17. The fourth-order valence-electron chi connectivity index (χ4n) is 3.32. The number of hydrogen-bond acceptors (Lipinski definition) is 6. The largest absolute Gasteiger partial charge is 0.373 e. The molecule has 0 radical (unpaired) electrons. The number of nitrogens with zero attached hydrogens (tertiary/aromatic N) is 5. The van der Waals surface area contributed by atoms with Crippen molar-refractivity contribution in [3.63, 3.8) is 0 Å². The molecule has 23 heavy (non-hydrogen) atoms. The zero-order valence-corrected chi connectivity index (χ0v) is 13.9. The van der Waals surface area contributed by atoms with Crippen LogP contribution < -0.4 is 4.90 Å². The van der Waals surface area contributed by atoms with Gasteiger partial charge in [-0.15, -0.1) is 0 Å². The molecular weight excluding hydrogens is 294 g/mol. The minimum Gasteiger partial charge on any atom is -0.373 e. The molecule has 0 bridgehead atoms. The highest BCUT2D eigenvalue weighted by Crippen LogP contribution is 2.13. The molecule has 2 fully saturated rings. The van der Waals surface area contributed by atoms with Gasteiger partial charge in [0, 0.05) is 51.7 Å². The summed E-state index contributed by atoms with van der Waals surface area (Å²) >= 11 is 0. The summed E-state index contributed by atoms with van der Waals surface area (Å²) in [6, 6.07) is 1.81. The van der Waals surface area contributed by atoms with Gasteiger partial charge in [0.15, 0.2) is 0 Å². The van der Waals surface area contributed by atoms with E-state index in [1.807, 2.05) is 11.0 Å². The van der Waals surface area contributed by atoms with Crippen LogP contribution in [0.4, 0.5) is 5.95 Å². The minimum absolute atomic E-state index is 0.193. The number of hydrogen-bond donors (Lipinski definition) is 0. The summed E-state index contributed by atoms with van der Waals surface area (Å²) < 4.78 is 5.72. The van der Waals surface area contributed by atoms with Crippen LogP contribution in [0.2, 0.25) is 0 Å². The molecule has 0 aromatic carbocycles. The third-order valence-electron chi connectivity index (χ3n) is 4.32. The number of ether oxygens (including phenoxy) is 1. The maximum atomic E-state index is 12.5. The molecule has 0 N–H and O–H groups in total. The van der Waals surface area contributed by atoms with Crippen LogP contribution in [0.1, 0.15) is 13.8 Å². The Hall–Kier alpha value is -1.73. The third-order valence-corrected chi connectivity index (χ3v) is 4.32. The molecule has 7 heteroatoms.